The third-order valence-electron chi connectivity index (χ3n) is 2.40. The number of hydrogen-bond donors (Lipinski definition) is 1. The van der Waals surface area contributed by atoms with Gasteiger partial charge in [0.15, 0.2) is 6.10 Å². The molecule has 1 unspecified atom stereocenters. The smallest absolute Gasteiger partial charge is 0.332 e. The highest BCUT2D eigenvalue weighted by molar-refractivity contribution is 5.94. The van der Waals surface area contributed by atoms with Gasteiger partial charge in [0.2, 0.25) is 0 Å². The molecule has 1 N–H and O–H groups in total. The first kappa shape index (κ1) is 14.7. The number of carboxylic acids is 1. The summed E-state index contributed by atoms with van der Waals surface area (Å²) in [6.45, 7) is 0.838. The van der Waals surface area contributed by atoms with Crippen molar-refractivity contribution in [3.8, 4) is 6.07 Å². The van der Waals surface area contributed by atoms with Gasteiger partial charge in [-0.25, -0.2) is 4.79 Å². The fraction of sp³-hybridized carbons (Fsp3) is 0.308. The van der Waals surface area contributed by atoms with Crippen LogP contribution in [0.5, 0.6) is 0 Å². The number of anilines is 1. The Morgan fingerprint density at radius 1 is 1.42 bits per heavy atom. The number of hydrogen-bond acceptors (Lipinski definition) is 4. The number of para-hydroxylation sites is 1. The van der Waals surface area contributed by atoms with E-state index in [0.717, 1.165) is 0 Å². The van der Waals surface area contributed by atoms with Gasteiger partial charge in [-0.2, -0.15) is 5.26 Å². The lowest BCUT2D eigenvalue weighted by molar-refractivity contribution is -0.150. The van der Waals surface area contributed by atoms with E-state index in [0.29, 0.717) is 5.69 Å². The van der Waals surface area contributed by atoms with E-state index in [9.17, 15) is 9.59 Å². The van der Waals surface area contributed by atoms with Crippen molar-refractivity contribution in [1.29, 1.82) is 5.26 Å². The van der Waals surface area contributed by atoms with Gasteiger partial charge in [0.1, 0.15) is 13.2 Å². The molecule has 0 aliphatic heterocycles. The van der Waals surface area contributed by atoms with Gasteiger partial charge in [0.25, 0.3) is 5.91 Å². The van der Waals surface area contributed by atoms with Crippen LogP contribution in [0.3, 0.4) is 0 Å². The van der Waals surface area contributed by atoms with Gasteiger partial charge in [-0.15, -0.1) is 0 Å². The number of aliphatic carboxylic acids is 1. The number of carboxylic acid groups (broad SMARTS) is 1. The second-order valence-corrected chi connectivity index (χ2v) is 3.77. The third kappa shape index (κ3) is 4.41. The standard InChI is InChI=1S/C13H14N2O4/c1-10(13(17)18)19-9-12(16)15(8-7-14)11-5-3-2-4-6-11/h2-6,10H,8-9H2,1H3,(H,17,18). The van der Waals surface area contributed by atoms with Gasteiger partial charge < -0.3 is 9.84 Å². The fourth-order valence-electron chi connectivity index (χ4n) is 1.35. The zero-order valence-corrected chi connectivity index (χ0v) is 10.4. The molecule has 6 heteroatoms. The minimum atomic E-state index is -1.14. The molecule has 0 radical (unpaired) electrons. The maximum atomic E-state index is 11.9. The number of nitriles is 1. The van der Waals surface area contributed by atoms with Crippen LogP contribution >= 0.6 is 0 Å². The molecule has 0 fully saturated rings. The number of ether oxygens (including phenoxy) is 1. The highest BCUT2D eigenvalue weighted by Crippen LogP contribution is 2.13. The number of carbonyl (C=O) groups excluding carboxylic acids is 1. The molecule has 0 heterocycles. The Kier molecular flexibility index (Phi) is 5.51. The summed E-state index contributed by atoms with van der Waals surface area (Å²) in [5, 5.41) is 17.4. The van der Waals surface area contributed by atoms with Crippen molar-refractivity contribution in [2.24, 2.45) is 0 Å². The van der Waals surface area contributed by atoms with E-state index in [1.807, 2.05) is 6.07 Å². The lowest BCUT2D eigenvalue weighted by atomic mass is 10.3. The quantitative estimate of drug-likeness (QED) is 0.773. The molecule has 6 nitrogen and oxygen atoms in total. The molecule has 0 saturated carbocycles. The van der Waals surface area contributed by atoms with Gasteiger partial charge in [0.05, 0.1) is 6.07 Å². The van der Waals surface area contributed by atoms with E-state index in [1.165, 1.54) is 11.8 Å². The van der Waals surface area contributed by atoms with Gasteiger partial charge in [-0.3, -0.25) is 9.69 Å². The topological polar surface area (TPSA) is 90.6 Å². The highest BCUT2D eigenvalue weighted by atomic mass is 16.5. The zero-order chi connectivity index (χ0) is 14.3. The maximum absolute atomic E-state index is 11.9. The Labute approximate surface area is 110 Å². The van der Waals surface area contributed by atoms with Gasteiger partial charge in [-0.05, 0) is 19.1 Å². The average Bonchev–Trinajstić information content (AvgIpc) is 2.42. The largest absolute Gasteiger partial charge is 0.479 e. The Morgan fingerprint density at radius 2 is 2.05 bits per heavy atom. The summed E-state index contributed by atoms with van der Waals surface area (Å²) in [4.78, 5) is 23.7. The van der Waals surface area contributed by atoms with Crippen LogP contribution in [-0.2, 0) is 14.3 Å². The van der Waals surface area contributed by atoms with E-state index in [-0.39, 0.29) is 13.2 Å². The molecule has 100 valence electrons. The lowest BCUT2D eigenvalue weighted by Crippen LogP contribution is -2.36. The number of carbonyl (C=O) groups is 2. The first-order chi connectivity index (χ1) is 9.06. The molecule has 1 aromatic rings. The minimum absolute atomic E-state index is 0.117. The van der Waals surface area contributed by atoms with Crippen LogP contribution in [0.1, 0.15) is 6.92 Å². The van der Waals surface area contributed by atoms with Gasteiger partial charge in [-0.1, -0.05) is 18.2 Å². The third-order valence-corrected chi connectivity index (χ3v) is 2.40. The van der Waals surface area contributed by atoms with Crippen LogP contribution in [-0.4, -0.2) is 36.2 Å². The predicted octanol–water partition coefficient (Wildman–Crippen LogP) is 1.03. The summed E-state index contributed by atoms with van der Waals surface area (Å²) in [5.74, 6) is -1.60. The van der Waals surface area contributed by atoms with Crippen molar-refractivity contribution in [2.75, 3.05) is 18.1 Å². The van der Waals surface area contributed by atoms with Crippen LogP contribution in [0.25, 0.3) is 0 Å². The minimum Gasteiger partial charge on any atom is -0.479 e. The van der Waals surface area contributed by atoms with Crippen molar-refractivity contribution in [2.45, 2.75) is 13.0 Å². The van der Waals surface area contributed by atoms with E-state index >= 15 is 0 Å². The lowest BCUT2D eigenvalue weighted by Gasteiger charge is -2.20. The molecule has 1 rings (SSSR count). The first-order valence-corrected chi connectivity index (χ1v) is 5.63. The number of rotatable bonds is 6. The summed E-state index contributed by atoms with van der Waals surface area (Å²) >= 11 is 0. The maximum Gasteiger partial charge on any atom is 0.332 e. The summed E-state index contributed by atoms with van der Waals surface area (Å²) in [6.07, 6.45) is -1.07. The zero-order valence-electron chi connectivity index (χ0n) is 10.4. The van der Waals surface area contributed by atoms with Crippen LogP contribution < -0.4 is 4.90 Å². The van der Waals surface area contributed by atoms with Crippen LogP contribution in [0.4, 0.5) is 5.69 Å². The molecule has 0 saturated heterocycles. The van der Waals surface area contributed by atoms with E-state index in [1.54, 1.807) is 30.3 Å². The molecule has 1 atom stereocenters. The number of amides is 1. The first-order valence-electron chi connectivity index (χ1n) is 5.63. The molecule has 0 aromatic heterocycles. The molecule has 19 heavy (non-hydrogen) atoms. The van der Waals surface area contributed by atoms with Crippen molar-refractivity contribution in [3.05, 3.63) is 30.3 Å². The van der Waals surface area contributed by atoms with Crippen LogP contribution in [0, 0.1) is 11.3 Å². The second kappa shape index (κ2) is 7.13. The SMILES string of the molecule is CC(OCC(=O)N(CC#N)c1ccccc1)C(=O)O. The van der Waals surface area contributed by atoms with E-state index < -0.39 is 18.0 Å². The average molecular weight is 262 g/mol. The molecule has 0 spiro atoms. The second-order valence-electron chi connectivity index (χ2n) is 3.77. The normalized spacial score (nSPS) is 11.4. The summed E-state index contributed by atoms with van der Waals surface area (Å²) < 4.78 is 4.91. The molecule has 0 aliphatic carbocycles. The Balaban J connectivity index is 2.70. The van der Waals surface area contributed by atoms with Gasteiger partial charge >= 0.3 is 5.97 Å². The summed E-state index contributed by atoms with van der Waals surface area (Å²) in [5.41, 5.74) is 0.570. The van der Waals surface area contributed by atoms with E-state index in [4.69, 9.17) is 15.1 Å². The summed E-state index contributed by atoms with van der Waals surface area (Å²) in [7, 11) is 0. The molecule has 0 bridgehead atoms. The Hall–Kier alpha value is -2.39. The monoisotopic (exact) mass is 262 g/mol. The van der Waals surface area contributed by atoms with Crippen molar-refractivity contribution >= 4 is 17.6 Å². The van der Waals surface area contributed by atoms with Crippen molar-refractivity contribution in [3.63, 3.8) is 0 Å². The molecule has 1 amide bonds. The van der Waals surface area contributed by atoms with Crippen LogP contribution in [0.15, 0.2) is 30.3 Å². The van der Waals surface area contributed by atoms with Crippen molar-refractivity contribution in [1.82, 2.24) is 0 Å². The molecular weight excluding hydrogens is 248 g/mol. The predicted molar refractivity (Wildman–Crippen MR) is 67.5 cm³/mol. The van der Waals surface area contributed by atoms with Gasteiger partial charge in [0, 0.05) is 5.69 Å². The van der Waals surface area contributed by atoms with E-state index in [2.05, 4.69) is 0 Å². The highest BCUT2D eigenvalue weighted by Gasteiger charge is 2.18. The fourth-order valence-corrected chi connectivity index (χ4v) is 1.35. The number of nitrogens with zero attached hydrogens (tertiary/aromatic N) is 2. The summed E-state index contributed by atoms with van der Waals surface area (Å²) in [6, 6.07) is 10.6. The molecule has 0 aliphatic rings. The van der Waals surface area contributed by atoms with Crippen LogP contribution in [0.2, 0.25) is 0 Å². The van der Waals surface area contributed by atoms with Crippen molar-refractivity contribution < 1.29 is 19.4 Å². The Morgan fingerprint density at radius 3 is 2.58 bits per heavy atom. The number of benzene rings is 1. The molecular formula is C13H14N2O4. The Bertz CT molecular complexity index is 481. The molecule has 1 aromatic carbocycles.